The largest absolute Gasteiger partial charge is 0.326 e. The maximum atomic E-state index is 12.0. The minimum absolute atomic E-state index is 0.0194. The van der Waals surface area contributed by atoms with Gasteiger partial charge in [-0.3, -0.25) is 9.36 Å². The summed E-state index contributed by atoms with van der Waals surface area (Å²) < 4.78 is 1.63. The van der Waals surface area contributed by atoms with Crippen molar-refractivity contribution in [2.75, 3.05) is 0 Å². The zero-order valence-corrected chi connectivity index (χ0v) is 9.54. The van der Waals surface area contributed by atoms with Crippen LogP contribution in [0.25, 0.3) is 10.2 Å². The second-order valence-corrected chi connectivity index (χ2v) is 4.80. The van der Waals surface area contributed by atoms with Gasteiger partial charge in [-0.15, -0.1) is 11.3 Å². The average Bonchev–Trinajstić information content (AvgIpc) is 2.61. The fourth-order valence-electron chi connectivity index (χ4n) is 1.46. The number of hydrogen-bond donors (Lipinski definition) is 1. The first-order valence-corrected chi connectivity index (χ1v) is 5.64. The highest BCUT2D eigenvalue weighted by atomic mass is 32.1. The molecule has 80 valence electrons. The standard InChI is InChI=1S/C10H13N3OS/c1-6(2)13-5-12-9-8(10(13)14)3-7(4-11)15-9/h3,5-6H,4,11H2,1-2H3. The molecule has 2 aromatic heterocycles. The fraction of sp³-hybridized carbons (Fsp3) is 0.400. The van der Waals surface area contributed by atoms with Crippen LogP contribution in [0.15, 0.2) is 17.2 Å². The van der Waals surface area contributed by atoms with Crippen LogP contribution in [0.1, 0.15) is 24.8 Å². The molecule has 0 spiro atoms. The van der Waals surface area contributed by atoms with Crippen LogP contribution in [0.3, 0.4) is 0 Å². The molecule has 0 fully saturated rings. The second-order valence-electron chi connectivity index (χ2n) is 3.69. The summed E-state index contributed by atoms with van der Waals surface area (Å²) in [6, 6.07) is 1.98. The number of thiophene rings is 1. The summed E-state index contributed by atoms with van der Waals surface area (Å²) in [4.78, 5) is 18.0. The van der Waals surface area contributed by atoms with Crippen molar-refractivity contribution in [3.8, 4) is 0 Å². The minimum Gasteiger partial charge on any atom is -0.326 e. The third-order valence-electron chi connectivity index (χ3n) is 2.29. The van der Waals surface area contributed by atoms with Gasteiger partial charge in [0.15, 0.2) is 0 Å². The SMILES string of the molecule is CC(C)n1cnc2sc(CN)cc2c1=O. The van der Waals surface area contributed by atoms with E-state index in [2.05, 4.69) is 4.98 Å². The molecular formula is C10H13N3OS. The number of aromatic nitrogens is 2. The molecule has 2 aromatic rings. The summed E-state index contributed by atoms with van der Waals surface area (Å²) >= 11 is 1.48. The van der Waals surface area contributed by atoms with Crippen LogP contribution >= 0.6 is 11.3 Å². The first kappa shape index (κ1) is 10.3. The van der Waals surface area contributed by atoms with Crippen LogP contribution < -0.4 is 11.3 Å². The third-order valence-corrected chi connectivity index (χ3v) is 3.35. The second kappa shape index (κ2) is 3.75. The van der Waals surface area contributed by atoms with E-state index in [1.165, 1.54) is 11.3 Å². The molecule has 0 radical (unpaired) electrons. The molecule has 0 aliphatic heterocycles. The molecule has 5 heteroatoms. The number of nitrogens with zero attached hydrogens (tertiary/aromatic N) is 2. The monoisotopic (exact) mass is 223 g/mol. The first-order valence-electron chi connectivity index (χ1n) is 4.83. The molecule has 0 amide bonds. The molecule has 0 aliphatic carbocycles. The van der Waals surface area contributed by atoms with Crippen molar-refractivity contribution < 1.29 is 0 Å². The van der Waals surface area contributed by atoms with Gasteiger partial charge in [-0.2, -0.15) is 0 Å². The highest BCUT2D eigenvalue weighted by Gasteiger charge is 2.09. The van der Waals surface area contributed by atoms with E-state index in [4.69, 9.17) is 5.73 Å². The lowest BCUT2D eigenvalue weighted by atomic mass is 10.3. The van der Waals surface area contributed by atoms with Gasteiger partial charge in [0.1, 0.15) is 4.83 Å². The van der Waals surface area contributed by atoms with Gasteiger partial charge in [0.25, 0.3) is 5.56 Å². The van der Waals surface area contributed by atoms with Crippen LogP contribution in [0.2, 0.25) is 0 Å². The summed E-state index contributed by atoms with van der Waals surface area (Å²) in [5, 5.41) is 0.677. The zero-order chi connectivity index (χ0) is 11.0. The van der Waals surface area contributed by atoms with Crippen LogP contribution in [-0.2, 0) is 6.54 Å². The van der Waals surface area contributed by atoms with Gasteiger partial charge in [0, 0.05) is 17.5 Å². The quantitative estimate of drug-likeness (QED) is 0.839. The molecule has 0 aliphatic rings. The van der Waals surface area contributed by atoms with Crippen molar-refractivity contribution in [3.63, 3.8) is 0 Å². The Balaban J connectivity index is 2.73. The highest BCUT2D eigenvalue weighted by Crippen LogP contribution is 2.20. The maximum absolute atomic E-state index is 12.0. The number of nitrogens with two attached hydrogens (primary N) is 1. The van der Waals surface area contributed by atoms with E-state index in [0.29, 0.717) is 11.9 Å². The first-order chi connectivity index (χ1) is 7.13. The molecule has 2 heterocycles. The van der Waals surface area contributed by atoms with Gasteiger partial charge in [0.2, 0.25) is 0 Å². The molecule has 0 saturated heterocycles. The molecule has 2 N–H and O–H groups in total. The Morgan fingerprint density at radius 2 is 2.33 bits per heavy atom. The molecule has 0 saturated carbocycles. The molecule has 0 atom stereocenters. The molecule has 2 rings (SSSR count). The Morgan fingerprint density at radius 1 is 1.60 bits per heavy atom. The van der Waals surface area contributed by atoms with Crippen LogP contribution in [0, 0.1) is 0 Å². The van der Waals surface area contributed by atoms with E-state index in [0.717, 1.165) is 9.71 Å². The lowest BCUT2D eigenvalue weighted by molar-refractivity contribution is 0.574. The van der Waals surface area contributed by atoms with Crippen molar-refractivity contribution in [2.45, 2.75) is 26.4 Å². The number of fused-ring (bicyclic) bond motifs is 1. The van der Waals surface area contributed by atoms with Gasteiger partial charge in [-0.05, 0) is 19.9 Å². The lowest BCUT2D eigenvalue weighted by Crippen LogP contribution is -2.21. The van der Waals surface area contributed by atoms with Gasteiger partial charge in [0.05, 0.1) is 11.7 Å². The minimum atomic E-state index is 0.0194. The zero-order valence-electron chi connectivity index (χ0n) is 8.73. The van der Waals surface area contributed by atoms with Gasteiger partial charge in [-0.1, -0.05) is 0 Å². The van der Waals surface area contributed by atoms with Crippen LogP contribution in [0.4, 0.5) is 0 Å². The van der Waals surface area contributed by atoms with Crippen LogP contribution in [-0.4, -0.2) is 9.55 Å². The Labute approximate surface area is 91.4 Å². The lowest BCUT2D eigenvalue weighted by Gasteiger charge is -2.07. The Kier molecular flexibility index (Phi) is 2.58. The van der Waals surface area contributed by atoms with Gasteiger partial charge < -0.3 is 5.73 Å². The average molecular weight is 223 g/mol. The Morgan fingerprint density at radius 3 is 2.93 bits per heavy atom. The molecule has 0 bridgehead atoms. The molecule has 4 nitrogen and oxygen atoms in total. The third kappa shape index (κ3) is 1.68. The highest BCUT2D eigenvalue weighted by molar-refractivity contribution is 7.18. The van der Waals surface area contributed by atoms with E-state index in [1.807, 2.05) is 19.9 Å². The van der Waals surface area contributed by atoms with Crippen molar-refractivity contribution in [3.05, 3.63) is 27.6 Å². The molecule has 0 unspecified atom stereocenters. The Bertz CT molecular complexity index is 541. The van der Waals surface area contributed by atoms with Crippen molar-refractivity contribution in [1.82, 2.24) is 9.55 Å². The van der Waals surface area contributed by atoms with Crippen LogP contribution in [0.5, 0.6) is 0 Å². The Hall–Kier alpha value is -1.20. The van der Waals surface area contributed by atoms with E-state index < -0.39 is 0 Å². The smallest absolute Gasteiger partial charge is 0.262 e. The van der Waals surface area contributed by atoms with E-state index in [-0.39, 0.29) is 11.6 Å². The van der Waals surface area contributed by atoms with E-state index in [1.54, 1.807) is 10.9 Å². The van der Waals surface area contributed by atoms with Gasteiger partial charge >= 0.3 is 0 Å². The predicted molar refractivity (Wildman–Crippen MR) is 62.2 cm³/mol. The summed E-state index contributed by atoms with van der Waals surface area (Å²) in [6.07, 6.45) is 1.60. The maximum Gasteiger partial charge on any atom is 0.262 e. The van der Waals surface area contributed by atoms with Crippen molar-refractivity contribution >= 4 is 21.6 Å². The number of rotatable bonds is 2. The molecular weight excluding hydrogens is 210 g/mol. The molecule has 0 aromatic carbocycles. The van der Waals surface area contributed by atoms with Crippen molar-refractivity contribution in [2.24, 2.45) is 5.73 Å². The summed E-state index contributed by atoms with van der Waals surface area (Å²) in [5.74, 6) is 0. The topological polar surface area (TPSA) is 60.9 Å². The van der Waals surface area contributed by atoms with E-state index in [9.17, 15) is 4.79 Å². The summed E-state index contributed by atoms with van der Waals surface area (Å²) in [7, 11) is 0. The van der Waals surface area contributed by atoms with Crippen molar-refractivity contribution in [1.29, 1.82) is 0 Å². The normalized spacial score (nSPS) is 11.5. The van der Waals surface area contributed by atoms with E-state index >= 15 is 0 Å². The predicted octanol–water partition coefficient (Wildman–Crippen LogP) is 1.50. The summed E-state index contributed by atoms with van der Waals surface area (Å²) in [5.41, 5.74) is 5.55. The molecule has 15 heavy (non-hydrogen) atoms. The number of hydrogen-bond acceptors (Lipinski definition) is 4. The van der Waals surface area contributed by atoms with Gasteiger partial charge in [-0.25, -0.2) is 4.98 Å². The summed E-state index contributed by atoms with van der Waals surface area (Å²) in [6.45, 7) is 4.39. The fourth-order valence-corrected chi connectivity index (χ4v) is 2.32.